The highest BCUT2D eigenvalue weighted by molar-refractivity contribution is 5.88. The minimum Gasteiger partial charge on any atom is -0.480 e. The van der Waals surface area contributed by atoms with Crippen molar-refractivity contribution in [1.82, 2.24) is 15.5 Å². The predicted octanol–water partition coefficient (Wildman–Crippen LogP) is 0.551. The average molecular weight is 297 g/mol. The summed E-state index contributed by atoms with van der Waals surface area (Å²) >= 11 is 0. The zero-order chi connectivity index (χ0) is 15.7. The second-order valence-electron chi connectivity index (χ2n) is 6.34. The number of amides is 3. The first kappa shape index (κ1) is 15.6. The van der Waals surface area contributed by atoms with E-state index in [0.29, 0.717) is 32.4 Å². The summed E-state index contributed by atoms with van der Waals surface area (Å²) in [5.74, 6) is -1.06. The lowest BCUT2D eigenvalue weighted by atomic mass is 9.89. The molecule has 118 valence electrons. The molecule has 1 unspecified atom stereocenters. The molecule has 1 saturated heterocycles. The highest BCUT2D eigenvalue weighted by atomic mass is 16.4. The number of rotatable bonds is 3. The second-order valence-corrected chi connectivity index (χ2v) is 6.34. The van der Waals surface area contributed by atoms with Gasteiger partial charge in [0.05, 0.1) is 5.41 Å². The smallest absolute Gasteiger partial charge is 0.329 e. The largest absolute Gasteiger partial charge is 0.480 e. The van der Waals surface area contributed by atoms with Crippen molar-refractivity contribution in [3.05, 3.63) is 0 Å². The topological polar surface area (TPSA) is 98.7 Å². The molecule has 1 aliphatic carbocycles. The number of carbonyl (C=O) groups excluding carboxylic acids is 2. The summed E-state index contributed by atoms with van der Waals surface area (Å²) in [7, 11) is 1.58. The maximum atomic E-state index is 12.3. The summed E-state index contributed by atoms with van der Waals surface area (Å²) in [5, 5.41) is 14.7. The Kier molecular flexibility index (Phi) is 4.11. The van der Waals surface area contributed by atoms with E-state index in [-0.39, 0.29) is 11.9 Å². The van der Waals surface area contributed by atoms with Gasteiger partial charge in [0.15, 0.2) is 0 Å². The number of hydrogen-bond donors (Lipinski definition) is 3. The van der Waals surface area contributed by atoms with Gasteiger partial charge in [-0.1, -0.05) is 12.8 Å². The summed E-state index contributed by atoms with van der Waals surface area (Å²) in [6, 6.07) is -0.382. The molecule has 1 saturated carbocycles. The third kappa shape index (κ3) is 2.82. The Hall–Kier alpha value is -1.79. The third-order valence-corrected chi connectivity index (χ3v) is 4.75. The first-order valence-electron chi connectivity index (χ1n) is 7.36. The van der Waals surface area contributed by atoms with Crippen LogP contribution in [0.3, 0.4) is 0 Å². The maximum Gasteiger partial charge on any atom is 0.329 e. The van der Waals surface area contributed by atoms with Gasteiger partial charge in [-0.2, -0.15) is 0 Å². The summed E-state index contributed by atoms with van der Waals surface area (Å²) in [6.07, 6.45) is 3.13. The summed E-state index contributed by atoms with van der Waals surface area (Å²) < 4.78 is 0. The number of likely N-dealkylation sites (tertiary alicyclic amines) is 1. The molecule has 1 heterocycles. The van der Waals surface area contributed by atoms with Crippen molar-refractivity contribution in [3.8, 4) is 0 Å². The van der Waals surface area contributed by atoms with Crippen LogP contribution in [0.15, 0.2) is 0 Å². The zero-order valence-electron chi connectivity index (χ0n) is 12.6. The molecule has 1 aliphatic heterocycles. The Labute approximate surface area is 124 Å². The fourth-order valence-corrected chi connectivity index (χ4v) is 3.28. The van der Waals surface area contributed by atoms with E-state index in [0.717, 1.165) is 12.8 Å². The van der Waals surface area contributed by atoms with Gasteiger partial charge in [0.1, 0.15) is 5.54 Å². The number of aliphatic carboxylic acids is 1. The number of carboxylic acids is 1. The van der Waals surface area contributed by atoms with Crippen LogP contribution in [0.4, 0.5) is 4.79 Å². The molecule has 3 amide bonds. The van der Waals surface area contributed by atoms with Gasteiger partial charge in [0, 0.05) is 20.1 Å². The van der Waals surface area contributed by atoms with Gasteiger partial charge < -0.3 is 20.6 Å². The molecule has 1 atom stereocenters. The van der Waals surface area contributed by atoms with E-state index >= 15 is 0 Å². The second kappa shape index (κ2) is 5.54. The molecule has 7 nitrogen and oxygen atoms in total. The van der Waals surface area contributed by atoms with E-state index in [1.165, 1.54) is 4.90 Å². The van der Waals surface area contributed by atoms with Crippen molar-refractivity contribution in [1.29, 1.82) is 0 Å². The van der Waals surface area contributed by atoms with Gasteiger partial charge >= 0.3 is 12.0 Å². The number of carbonyl (C=O) groups is 3. The Morgan fingerprint density at radius 3 is 2.29 bits per heavy atom. The van der Waals surface area contributed by atoms with Crippen LogP contribution in [0.2, 0.25) is 0 Å². The Bertz CT molecular complexity index is 459. The van der Waals surface area contributed by atoms with Gasteiger partial charge in [-0.05, 0) is 26.2 Å². The number of hydrogen-bond acceptors (Lipinski definition) is 3. The lowest BCUT2D eigenvalue weighted by molar-refractivity contribution is -0.144. The highest BCUT2D eigenvalue weighted by Crippen LogP contribution is 2.33. The van der Waals surface area contributed by atoms with E-state index < -0.39 is 16.9 Å². The molecule has 3 N–H and O–H groups in total. The maximum absolute atomic E-state index is 12.3. The SMILES string of the molecule is CNC(=O)C1(C)CCN(C(=O)NC2(C(=O)O)CCCC2)C1. The van der Waals surface area contributed by atoms with Crippen molar-refractivity contribution >= 4 is 17.9 Å². The van der Waals surface area contributed by atoms with Crippen LogP contribution < -0.4 is 10.6 Å². The monoisotopic (exact) mass is 297 g/mol. The lowest BCUT2D eigenvalue weighted by Crippen LogP contribution is -2.56. The fraction of sp³-hybridized carbons (Fsp3) is 0.786. The van der Waals surface area contributed by atoms with E-state index in [1.807, 2.05) is 6.92 Å². The number of urea groups is 1. The summed E-state index contributed by atoms with van der Waals surface area (Å²) in [6.45, 7) is 2.60. The third-order valence-electron chi connectivity index (χ3n) is 4.75. The molecular formula is C14H23N3O4. The quantitative estimate of drug-likeness (QED) is 0.708. The number of carboxylic acid groups (broad SMARTS) is 1. The normalized spacial score (nSPS) is 27.4. The van der Waals surface area contributed by atoms with Crippen LogP contribution in [-0.2, 0) is 9.59 Å². The van der Waals surface area contributed by atoms with E-state index in [2.05, 4.69) is 10.6 Å². The van der Waals surface area contributed by atoms with Crippen molar-refractivity contribution < 1.29 is 19.5 Å². The van der Waals surface area contributed by atoms with E-state index in [9.17, 15) is 19.5 Å². The Morgan fingerprint density at radius 2 is 1.76 bits per heavy atom. The molecule has 2 fully saturated rings. The molecule has 2 aliphatic rings. The predicted molar refractivity (Wildman–Crippen MR) is 75.7 cm³/mol. The molecule has 0 aromatic carbocycles. The van der Waals surface area contributed by atoms with Gasteiger partial charge in [-0.3, -0.25) is 4.79 Å². The molecular weight excluding hydrogens is 274 g/mol. The minimum atomic E-state index is -1.14. The zero-order valence-corrected chi connectivity index (χ0v) is 12.6. The summed E-state index contributed by atoms with van der Waals surface area (Å²) in [5.41, 5.74) is -1.73. The molecule has 0 aromatic rings. The van der Waals surface area contributed by atoms with Gasteiger partial charge in [-0.25, -0.2) is 9.59 Å². The minimum absolute atomic E-state index is 0.0911. The molecule has 2 rings (SSSR count). The van der Waals surface area contributed by atoms with E-state index in [1.54, 1.807) is 7.05 Å². The van der Waals surface area contributed by atoms with Crippen LogP contribution in [0.25, 0.3) is 0 Å². The first-order valence-corrected chi connectivity index (χ1v) is 7.36. The molecule has 0 radical (unpaired) electrons. The molecule has 7 heteroatoms. The number of nitrogens with one attached hydrogen (secondary N) is 2. The lowest BCUT2D eigenvalue weighted by Gasteiger charge is -2.29. The van der Waals surface area contributed by atoms with Crippen LogP contribution in [0.5, 0.6) is 0 Å². The molecule has 21 heavy (non-hydrogen) atoms. The number of nitrogens with zero attached hydrogens (tertiary/aromatic N) is 1. The average Bonchev–Trinajstić information content (AvgIpc) is 3.06. The van der Waals surface area contributed by atoms with Gasteiger partial charge in [0.2, 0.25) is 5.91 Å². The van der Waals surface area contributed by atoms with Crippen LogP contribution >= 0.6 is 0 Å². The van der Waals surface area contributed by atoms with Crippen molar-refractivity contribution in [3.63, 3.8) is 0 Å². The van der Waals surface area contributed by atoms with Crippen LogP contribution in [-0.4, -0.2) is 53.6 Å². The van der Waals surface area contributed by atoms with Crippen molar-refractivity contribution in [2.45, 2.75) is 44.6 Å². The van der Waals surface area contributed by atoms with Crippen molar-refractivity contribution in [2.24, 2.45) is 5.41 Å². The van der Waals surface area contributed by atoms with E-state index in [4.69, 9.17) is 0 Å². The molecule has 0 spiro atoms. The molecule has 0 bridgehead atoms. The first-order chi connectivity index (χ1) is 9.83. The molecule has 0 aromatic heterocycles. The van der Waals surface area contributed by atoms with Gasteiger partial charge in [0.25, 0.3) is 0 Å². The fourth-order valence-electron chi connectivity index (χ4n) is 3.28. The van der Waals surface area contributed by atoms with Crippen LogP contribution in [0.1, 0.15) is 39.0 Å². The Balaban J connectivity index is 2.02. The van der Waals surface area contributed by atoms with Crippen LogP contribution in [0, 0.1) is 5.41 Å². The van der Waals surface area contributed by atoms with Gasteiger partial charge in [-0.15, -0.1) is 0 Å². The van der Waals surface area contributed by atoms with Crippen molar-refractivity contribution in [2.75, 3.05) is 20.1 Å². The standard InChI is InChI=1S/C14H23N3O4/c1-13(10(18)15-2)7-8-17(9-13)12(21)16-14(11(19)20)5-3-4-6-14/h3-9H2,1-2H3,(H,15,18)(H,16,21)(H,19,20). The Morgan fingerprint density at radius 1 is 1.14 bits per heavy atom. The highest BCUT2D eigenvalue weighted by Gasteiger charge is 2.46. The summed E-state index contributed by atoms with van der Waals surface area (Å²) in [4.78, 5) is 37.2.